The molecule has 1 heterocycles. The fourth-order valence-corrected chi connectivity index (χ4v) is 5.11. The van der Waals surface area contributed by atoms with Gasteiger partial charge in [-0.1, -0.05) is 91.0 Å². The fraction of sp³-hybridized carbons (Fsp3) is 0.0370. The summed E-state index contributed by atoms with van der Waals surface area (Å²) in [6.07, 6.45) is 0. The molecule has 4 aromatic carbocycles. The number of halogens is 2. The van der Waals surface area contributed by atoms with Crippen molar-refractivity contribution in [2.24, 2.45) is 0 Å². The van der Waals surface area contributed by atoms with Gasteiger partial charge in [-0.3, -0.25) is 0 Å². The third-order valence-electron chi connectivity index (χ3n) is 5.76. The molecule has 0 N–H and O–H groups in total. The summed E-state index contributed by atoms with van der Waals surface area (Å²) in [7, 11) is 0. The number of benzene rings is 4. The molecule has 0 fully saturated rings. The van der Waals surface area contributed by atoms with E-state index in [4.69, 9.17) is 5.10 Å². The average molecular weight is 529 g/mol. The number of rotatable bonds is 4. The quantitative estimate of drug-likeness (QED) is 0.197. The van der Waals surface area contributed by atoms with E-state index in [1.807, 2.05) is 65.3 Å². The van der Waals surface area contributed by atoms with E-state index in [0.29, 0.717) is 14.6 Å². The predicted octanol–water partition coefficient (Wildman–Crippen LogP) is 6.49. The van der Waals surface area contributed by atoms with Gasteiger partial charge in [0.15, 0.2) is 5.82 Å². The Morgan fingerprint density at radius 2 is 1.22 bits per heavy atom. The van der Waals surface area contributed by atoms with Gasteiger partial charge < -0.3 is 0 Å². The number of nitriles is 1. The van der Waals surface area contributed by atoms with Gasteiger partial charge in [-0.05, 0) is 51.4 Å². The highest BCUT2D eigenvalue weighted by molar-refractivity contribution is 14.1. The normalized spacial score (nSPS) is 11.4. The first kappa shape index (κ1) is 20.4. The molecule has 0 spiro atoms. The molecule has 0 bridgehead atoms. The predicted molar refractivity (Wildman–Crippen MR) is 132 cm³/mol. The SMILES string of the molecule is N#Cc1ccc2c(c(I)nn2C(c2ccccc2)(c2ccccc2)c2ccccc2)c1F. The van der Waals surface area contributed by atoms with E-state index in [0.717, 1.165) is 16.7 Å². The second-order valence-corrected chi connectivity index (χ2v) is 8.47. The van der Waals surface area contributed by atoms with Crippen molar-refractivity contribution < 1.29 is 4.39 Å². The van der Waals surface area contributed by atoms with E-state index < -0.39 is 11.4 Å². The first-order valence-electron chi connectivity index (χ1n) is 10.1. The van der Waals surface area contributed by atoms with Gasteiger partial charge in [0, 0.05) is 0 Å². The Kier molecular flexibility index (Phi) is 5.24. The average Bonchev–Trinajstić information content (AvgIpc) is 3.19. The summed E-state index contributed by atoms with van der Waals surface area (Å²) in [5, 5.41) is 14.6. The van der Waals surface area contributed by atoms with Crippen molar-refractivity contribution in [2.75, 3.05) is 0 Å². The van der Waals surface area contributed by atoms with Gasteiger partial charge in [0.1, 0.15) is 15.3 Å². The van der Waals surface area contributed by atoms with Gasteiger partial charge in [-0.15, -0.1) is 0 Å². The van der Waals surface area contributed by atoms with Gasteiger partial charge in [0.05, 0.1) is 16.5 Å². The Morgan fingerprint density at radius 1 is 0.750 bits per heavy atom. The summed E-state index contributed by atoms with van der Waals surface area (Å²) < 4.78 is 17.7. The second kappa shape index (κ2) is 8.21. The maximum Gasteiger partial charge on any atom is 0.153 e. The number of nitrogens with zero attached hydrogens (tertiary/aromatic N) is 3. The molecule has 154 valence electrons. The Labute approximate surface area is 198 Å². The molecular weight excluding hydrogens is 512 g/mol. The van der Waals surface area contributed by atoms with Crippen LogP contribution in [0.15, 0.2) is 103 Å². The molecule has 0 amide bonds. The van der Waals surface area contributed by atoms with E-state index in [1.165, 1.54) is 6.07 Å². The lowest BCUT2D eigenvalue weighted by atomic mass is 9.77. The van der Waals surface area contributed by atoms with Crippen molar-refractivity contribution >= 4 is 33.5 Å². The van der Waals surface area contributed by atoms with Crippen LogP contribution >= 0.6 is 22.6 Å². The molecule has 0 aliphatic rings. The molecule has 0 unspecified atom stereocenters. The zero-order chi connectivity index (χ0) is 22.1. The van der Waals surface area contributed by atoms with Crippen molar-refractivity contribution in [3.63, 3.8) is 0 Å². The monoisotopic (exact) mass is 529 g/mol. The van der Waals surface area contributed by atoms with Gasteiger partial charge in [0.2, 0.25) is 0 Å². The Morgan fingerprint density at radius 3 is 1.66 bits per heavy atom. The van der Waals surface area contributed by atoms with Crippen LogP contribution in [-0.2, 0) is 5.54 Å². The van der Waals surface area contributed by atoms with Crippen LogP contribution in [0.1, 0.15) is 22.3 Å². The molecule has 32 heavy (non-hydrogen) atoms. The van der Waals surface area contributed by atoms with Crippen LogP contribution in [0, 0.1) is 20.8 Å². The molecule has 0 aliphatic heterocycles. The molecule has 0 saturated carbocycles. The molecular formula is C27H17FIN3. The topological polar surface area (TPSA) is 41.6 Å². The number of aromatic nitrogens is 2. The molecule has 5 rings (SSSR count). The highest BCUT2D eigenvalue weighted by atomic mass is 127. The first-order chi connectivity index (χ1) is 15.7. The minimum atomic E-state index is -0.841. The Hall–Kier alpha value is -3.50. The second-order valence-electron chi connectivity index (χ2n) is 7.44. The van der Waals surface area contributed by atoms with Crippen molar-refractivity contribution in [3.8, 4) is 6.07 Å². The number of fused-ring (bicyclic) bond motifs is 1. The molecule has 0 aliphatic carbocycles. The molecule has 5 aromatic rings. The van der Waals surface area contributed by atoms with Crippen LogP contribution in [0.25, 0.3) is 10.9 Å². The smallest absolute Gasteiger partial charge is 0.153 e. The molecule has 0 radical (unpaired) electrons. The van der Waals surface area contributed by atoms with E-state index in [9.17, 15) is 5.26 Å². The van der Waals surface area contributed by atoms with Crippen LogP contribution in [0.2, 0.25) is 0 Å². The summed E-state index contributed by atoms with van der Waals surface area (Å²) in [4.78, 5) is 0. The summed E-state index contributed by atoms with van der Waals surface area (Å²) in [5.74, 6) is -0.538. The van der Waals surface area contributed by atoms with Crippen LogP contribution in [-0.4, -0.2) is 9.78 Å². The number of hydrogen-bond acceptors (Lipinski definition) is 2. The Bertz CT molecular complexity index is 1340. The first-order valence-corrected chi connectivity index (χ1v) is 11.2. The lowest BCUT2D eigenvalue weighted by molar-refractivity contribution is 0.473. The minimum Gasteiger partial charge on any atom is -0.244 e. The van der Waals surface area contributed by atoms with Crippen LogP contribution < -0.4 is 0 Å². The summed E-state index contributed by atoms with van der Waals surface area (Å²) >= 11 is 2.05. The van der Waals surface area contributed by atoms with Crippen molar-refractivity contribution in [1.82, 2.24) is 9.78 Å². The van der Waals surface area contributed by atoms with E-state index >= 15 is 4.39 Å². The number of hydrogen-bond donors (Lipinski definition) is 0. The molecule has 0 saturated heterocycles. The third kappa shape index (κ3) is 3.02. The molecule has 5 heteroatoms. The lowest BCUT2D eigenvalue weighted by Gasteiger charge is -2.37. The van der Waals surface area contributed by atoms with Gasteiger partial charge in [-0.25, -0.2) is 9.07 Å². The summed E-state index contributed by atoms with van der Waals surface area (Å²) in [5.41, 5.74) is 2.81. The van der Waals surface area contributed by atoms with E-state index in [-0.39, 0.29) is 5.56 Å². The van der Waals surface area contributed by atoms with Crippen molar-refractivity contribution in [3.05, 3.63) is 135 Å². The van der Waals surface area contributed by atoms with Gasteiger partial charge >= 0.3 is 0 Å². The maximum absolute atomic E-state index is 15.3. The lowest BCUT2D eigenvalue weighted by Crippen LogP contribution is -2.38. The standard InChI is InChI=1S/C27H17FIN3/c28-25-19(18-30)16-17-23-24(25)26(29)31-32(23)27(20-10-4-1-5-11-20,21-12-6-2-7-13-21)22-14-8-3-9-15-22/h1-17H. The van der Waals surface area contributed by atoms with Crippen molar-refractivity contribution in [1.29, 1.82) is 5.26 Å². The van der Waals surface area contributed by atoms with Crippen LogP contribution in [0.3, 0.4) is 0 Å². The fourth-order valence-electron chi connectivity index (χ4n) is 4.38. The van der Waals surface area contributed by atoms with Gasteiger partial charge in [-0.2, -0.15) is 10.4 Å². The third-order valence-corrected chi connectivity index (χ3v) is 6.51. The van der Waals surface area contributed by atoms with Crippen molar-refractivity contribution in [2.45, 2.75) is 5.54 Å². The molecule has 0 atom stereocenters. The highest BCUT2D eigenvalue weighted by Crippen LogP contribution is 2.43. The molecule has 1 aromatic heterocycles. The zero-order valence-corrected chi connectivity index (χ0v) is 19.1. The minimum absolute atomic E-state index is 0.0136. The Balaban J connectivity index is 1.99. The maximum atomic E-state index is 15.3. The van der Waals surface area contributed by atoms with Crippen LogP contribution in [0.5, 0.6) is 0 Å². The van der Waals surface area contributed by atoms with E-state index in [1.54, 1.807) is 6.07 Å². The summed E-state index contributed by atoms with van der Waals surface area (Å²) in [6.45, 7) is 0. The van der Waals surface area contributed by atoms with Crippen LogP contribution in [0.4, 0.5) is 4.39 Å². The molecule has 3 nitrogen and oxygen atoms in total. The van der Waals surface area contributed by atoms with E-state index in [2.05, 4.69) is 59.0 Å². The largest absolute Gasteiger partial charge is 0.244 e. The zero-order valence-electron chi connectivity index (χ0n) is 16.9. The van der Waals surface area contributed by atoms with Gasteiger partial charge in [0.25, 0.3) is 0 Å². The summed E-state index contributed by atoms with van der Waals surface area (Å²) in [6, 6.07) is 35.6. The highest BCUT2D eigenvalue weighted by Gasteiger charge is 2.41.